The molecule has 22 heavy (non-hydrogen) atoms. The zero-order valence-corrected chi connectivity index (χ0v) is 14.3. The Morgan fingerprint density at radius 1 is 1.36 bits per heavy atom. The van der Waals surface area contributed by atoms with E-state index in [4.69, 9.17) is 0 Å². The summed E-state index contributed by atoms with van der Waals surface area (Å²) in [5, 5.41) is 5.01. The van der Waals surface area contributed by atoms with E-state index in [1.165, 1.54) is 24.0 Å². The summed E-state index contributed by atoms with van der Waals surface area (Å²) in [5.74, 6) is 0.625. The molecule has 1 N–H and O–H groups in total. The van der Waals surface area contributed by atoms with Crippen LogP contribution in [0.5, 0.6) is 0 Å². The molecule has 0 aliphatic heterocycles. The maximum atomic E-state index is 12.3. The second kappa shape index (κ2) is 8.32. The van der Waals surface area contributed by atoms with Gasteiger partial charge in [-0.05, 0) is 43.6 Å². The van der Waals surface area contributed by atoms with Crippen LogP contribution in [0.15, 0.2) is 5.38 Å². The Labute approximate surface area is 136 Å². The summed E-state index contributed by atoms with van der Waals surface area (Å²) in [6.45, 7) is 2.94. The van der Waals surface area contributed by atoms with Crippen LogP contribution in [0.25, 0.3) is 0 Å². The zero-order chi connectivity index (χ0) is 15.9. The van der Waals surface area contributed by atoms with E-state index in [9.17, 15) is 9.59 Å². The minimum absolute atomic E-state index is 0.0556. The minimum atomic E-state index is -0.164. The van der Waals surface area contributed by atoms with Crippen molar-refractivity contribution >= 4 is 23.2 Å². The van der Waals surface area contributed by atoms with Gasteiger partial charge in [-0.3, -0.25) is 9.59 Å². The smallest absolute Gasteiger partial charge is 0.305 e. The molecule has 0 radical (unpaired) electrons. The SMILES string of the molecule is COC(=O)CCCCCNC(=O)c1csc2c1CCC(C)C2. The van der Waals surface area contributed by atoms with Crippen molar-refractivity contribution in [2.75, 3.05) is 13.7 Å². The number of hydrogen-bond acceptors (Lipinski definition) is 4. The normalized spacial score (nSPS) is 16.9. The second-order valence-corrected chi connectivity index (χ2v) is 7.01. The minimum Gasteiger partial charge on any atom is -0.469 e. The number of fused-ring (bicyclic) bond motifs is 1. The van der Waals surface area contributed by atoms with Gasteiger partial charge in [-0.1, -0.05) is 13.3 Å². The highest BCUT2D eigenvalue weighted by atomic mass is 32.1. The third kappa shape index (κ3) is 4.57. The first-order valence-electron chi connectivity index (χ1n) is 8.06. The molecular formula is C17H25NO3S. The summed E-state index contributed by atoms with van der Waals surface area (Å²) in [7, 11) is 1.41. The molecule has 1 amide bonds. The van der Waals surface area contributed by atoms with Gasteiger partial charge in [-0.15, -0.1) is 11.3 Å². The Morgan fingerprint density at radius 3 is 2.95 bits per heavy atom. The molecule has 0 saturated carbocycles. The van der Waals surface area contributed by atoms with Crippen molar-refractivity contribution in [3.63, 3.8) is 0 Å². The predicted molar refractivity (Wildman–Crippen MR) is 88.3 cm³/mol. The highest BCUT2D eigenvalue weighted by Crippen LogP contribution is 2.32. The van der Waals surface area contributed by atoms with Crippen LogP contribution in [0.1, 0.15) is 59.8 Å². The number of hydrogen-bond donors (Lipinski definition) is 1. The van der Waals surface area contributed by atoms with Crippen LogP contribution in [-0.4, -0.2) is 25.5 Å². The lowest BCUT2D eigenvalue weighted by atomic mass is 9.88. The van der Waals surface area contributed by atoms with Gasteiger partial charge in [-0.25, -0.2) is 0 Å². The third-order valence-corrected chi connectivity index (χ3v) is 5.27. The average Bonchev–Trinajstić information content (AvgIpc) is 2.93. The Kier molecular flexibility index (Phi) is 6.43. The Bertz CT molecular complexity index is 524. The van der Waals surface area contributed by atoms with E-state index in [0.29, 0.717) is 13.0 Å². The van der Waals surface area contributed by atoms with Crippen LogP contribution in [0.2, 0.25) is 0 Å². The van der Waals surface area contributed by atoms with E-state index in [1.54, 1.807) is 11.3 Å². The summed E-state index contributed by atoms with van der Waals surface area (Å²) >= 11 is 1.72. The van der Waals surface area contributed by atoms with Gasteiger partial charge < -0.3 is 10.1 Å². The molecular weight excluding hydrogens is 298 g/mol. The van der Waals surface area contributed by atoms with Crippen molar-refractivity contribution in [3.8, 4) is 0 Å². The molecule has 4 nitrogen and oxygen atoms in total. The van der Waals surface area contributed by atoms with Gasteiger partial charge >= 0.3 is 5.97 Å². The number of carbonyl (C=O) groups excluding carboxylic acids is 2. The number of rotatable bonds is 7. The van der Waals surface area contributed by atoms with E-state index < -0.39 is 0 Å². The predicted octanol–water partition coefficient (Wildman–Crippen LogP) is 3.34. The van der Waals surface area contributed by atoms with Gasteiger partial charge in [0.25, 0.3) is 5.91 Å². The standard InChI is InChI=1S/C17H25NO3S/c1-12-7-8-13-14(11-22-15(13)10-12)17(20)18-9-5-3-4-6-16(19)21-2/h11-12H,3-10H2,1-2H3,(H,18,20). The molecule has 0 saturated heterocycles. The Balaban J connectivity index is 1.71. The summed E-state index contributed by atoms with van der Waals surface area (Å²) in [6.07, 6.45) is 6.41. The summed E-state index contributed by atoms with van der Waals surface area (Å²) < 4.78 is 4.60. The number of nitrogens with one attached hydrogen (secondary N) is 1. The molecule has 1 unspecified atom stereocenters. The van der Waals surface area contributed by atoms with Crippen LogP contribution < -0.4 is 5.32 Å². The molecule has 0 bridgehead atoms. The first-order valence-corrected chi connectivity index (χ1v) is 8.94. The fourth-order valence-electron chi connectivity index (χ4n) is 2.84. The van der Waals surface area contributed by atoms with Gasteiger partial charge in [0.05, 0.1) is 12.7 Å². The van der Waals surface area contributed by atoms with Crippen molar-refractivity contribution in [3.05, 3.63) is 21.4 Å². The van der Waals surface area contributed by atoms with Gasteiger partial charge in [-0.2, -0.15) is 0 Å². The van der Waals surface area contributed by atoms with Gasteiger partial charge in [0.15, 0.2) is 0 Å². The fourth-order valence-corrected chi connectivity index (χ4v) is 4.08. The molecule has 0 spiro atoms. The highest BCUT2D eigenvalue weighted by molar-refractivity contribution is 7.10. The van der Waals surface area contributed by atoms with Crippen LogP contribution in [0.3, 0.4) is 0 Å². The maximum Gasteiger partial charge on any atom is 0.305 e. The van der Waals surface area contributed by atoms with E-state index in [2.05, 4.69) is 17.0 Å². The van der Waals surface area contributed by atoms with Crippen molar-refractivity contribution in [1.29, 1.82) is 0 Å². The number of amides is 1. The molecule has 1 aromatic rings. The molecule has 1 aliphatic rings. The largest absolute Gasteiger partial charge is 0.469 e. The molecule has 122 valence electrons. The van der Waals surface area contributed by atoms with E-state index in [0.717, 1.165) is 43.6 Å². The summed E-state index contributed by atoms with van der Waals surface area (Å²) in [4.78, 5) is 24.6. The molecule has 1 heterocycles. The van der Waals surface area contributed by atoms with Crippen LogP contribution in [0.4, 0.5) is 0 Å². The fraction of sp³-hybridized carbons (Fsp3) is 0.647. The van der Waals surface area contributed by atoms with Crippen LogP contribution >= 0.6 is 11.3 Å². The monoisotopic (exact) mass is 323 g/mol. The molecule has 0 aromatic carbocycles. The maximum absolute atomic E-state index is 12.3. The lowest BCUT2D eigenvalue weighted by Gasteiger charge is -2.18. The zero-order valence-electron chi connectivity index (χ0n) is 13.4. The average molecular weight is 323 g/mol. The lowest BCUT2D eigenvalue weighted by molar-refractivity contribution is -0.140. The first kappa shape index (κ1) is 17.0. The quantitative estimate of drug-likeness (QED) is 0.618. The van der Waals surface area contributed by atoms with Crippen molar-refractivity contribution in [2.24, 2.45) is 5.92 Å². The third-order valence-electron chi connectivity index (χ3n) is 4.22. The Morgan fingerprint density at radius 2 is 2.18 bits per heavy atom. The number of ether oxygens (including phenoxy) is 1. The van der Waals surface area contributed by atoms with Gasteiger partial charge in [0.2, 0.25) is 0 Å². The molecule has 1 aromatic heterocycles. The molecule has 5 heteroatoms. The molecule has 2 rings (SSSR count). The summed E-state index contributed by atoms with van der Waals surface area (Å²) in [6, 6.07) is 0. The topological polar surface area (TPSA) is 55.4 Å². The van der Waals surface area contributed by atoms with Crippen molar-refractivity contribution in [1.82, 2.24) is 5.32 Å². The second-order valence-electron chi connectivity index (χ2n) is 6.04. The van der Waals surface area contributed by atoms with E-state index >= 15 is 0 Å². The highest BCUT2D eigenvalue weighted by Gasteiger charge is 2.22. The number of carbonyl (C=O) groups is 2. The van der Waals surface area contributed by atoms with Gasteiger partial charge in [0.1, 0.15) is 0 Å². The number of methoxy groups -OCH3 is 1. The molecule has 0 fully saturated rings. The van der Waals surface area contributed by atoms with Crippen LogP contribution in [-0.2, 0) is 22.4 Å². The number of esters is 1. The van der Waals surface area contributed by atoms with Crippen LogP contribution in [0, 0.1) is 5.92 Å². The molecule has 1 aliphatic carbocycles. The van der Waals surface area contributed by atoms with Crippen molar-refractivity contribution < 1.29 is 14.3 Å². The lowest BCUT2D eigenvalue weighted by Crippen LogP contribution is -2.25. The van der Waals surface area contributed by atoms with E-state index in [-0.39, 0.29) is 11.9 Å². The Hall–Kier alpha value is -1.36. The van der Waals surface area contributed by atoms with E-state index in [1.807, 2.05) is 5.38 Å². The van der Waals surface area contributed by atoms with Crippen molar-refractivity contribution in [2.45, 2.75) is 51.9 Å². The summed E-state index contributed by atoms with van der Waals surface area (Å²) in [5.41, 5.74) is 2.15. The van der Waals surface area contributed by atoms with Gasteiger partial charge in [0, 0.05) is 23.2 Å². The number of thiophene rings is 1. The first-order chi connectivity index (χ1) is 10.6. The molecule has 1 atom stereocenters. The number of unbranched alkanes of at least 4 members (excludes halogenated alkanes) is 2.